The van der Waals surface area contributed by atoms with Crippen molar-refractivity contribution in [3.8, 4) is 0 Å². The highest BCUT2D eigenvalue weighted by atomic mass is 16.5. The van der Waals surface area contributed by atoms with Gasteiger partial charge in [-0.1, -0.05) is 19.1 Å². The zero-order valence-corrected chi connectivity index (χ0v) is 11.9. The molecule has 1 aromatic carbocycles. The number of carbonyl (C=O) groups excluding carboxylic acids is 2. The Kier molecular flexibility index (Phi) is 4.74. The van der Waals surface area contributed by atoms with Crippen LogP contribution in [0, 0.1) is 0 Å². The third-order valence-electron chi connectivity index (χ3n) is 3.59. The van der Waals surface area contributed by atoms with Crippen molar-refractivity contribution in [2.75, 3.05) is 13.7 Å². The van der Waals surface area contributed by atoms with Crippen LogP contribution in [0.5, 0.6) is 0 Å². The number of fused-ring (bicyclic) bond motifs is 1. The van der Waals surface area contributed by atoms with Crippen molar-refractivity contribution in [1.29, 1.82) is 0 Å². The number of ether oxygens (including phenoxy) is 1. The van der Waals surface area contributed by atoms with Gasteiger partial charge in [0.05, 0.1) is 7.11 Å². The first-order valence-corrected chi connectivity index (χ1v) is 6.87. The Morgan fingerprint density at radius 3 is 2.95 bits per heavy atom. The van der Waals surface area contributed by atoms with Gasteiger partial charge in [-0.3, -0.25) is 4.79 Å². The van der Waals surface area contributed by atoms with Crippen molar-refractivity contribution >= 4 is 11.9 Å². The van der Waals surface area contributed by atoms with Crippen molar-refractivity contribution in [1.82, 2.24) is 10.6 Å². The van der Waals surface area contributed by atoms with E-state index in [4.69, 9.17) is 0 Å². The Hall–Kier alpha value is -1.88. The molecule has 1 amide bonds. The molecule has 0 radical (unpaired) electrons. The van der Waals surface area contributed by atoms with Gasteiger partial charge in [0.2, 0.25) is 0 Å². The van der Waals surface area contributed by atoms with Crippen LogP contribution in [0.4, 0.5) is 0 Å². The number of esters is 1. The van der Waals surface area contributed by atoms with E-state index in [-0.39, 0.29) is 5.91 Å². The van der Waals surface area contributed by atoms with Crippen LogP contribution in [-0.4, -0.2) is 31.6 Å². The van der Waals surface area contributed by atoms with Crippen molar-refractivity contribution < 1.29 is 14.3 Å². The molecule has 2 rings (SSSR count). The summed E-state index contributed by atoms with van der Waals surface area (Å²) in [5.74, 6) is -0.633. The predicted octanol–water partition coefficient (Wildman–Crippen LogP) is 1.01. The van der Waals surface area contributed by atoms with E-state index >= 15 is 0 Å². The summed E-state index contributed by atoms with van der Waals surface area (Å²) in [5.41, 5.74) is 2.86. The quantitative estimate of drug-likeness (QED) is 0.806. The number of hydrogen-bond acceptors (Lipinski definition) is 4. The summed E-state index contributed by atoms with van der Waals surface area (Å²) in [4.78, 5) is 23.9. The molecule has 0 spiro atoms. The molecule has 0 saturated heterocycles. The van der Waals surface area contributed by atoms with Gasteiger partial charge in [0, 0.05) is 12.1 Å². The Balaban J connectivity index is 2.19. The molecule has 5 nitrogen and oxygen atoms in total. The number of rotatable bonds is 4. The van der Waals surface area contributed by atoms with Gasteiger partial charge in [-0.25, -0.2) is 4.79 Å². The maximum Gasteiger partial charge on any atom is 0.328 e. The van der Waals surface area contributed by atoms with Gasteiger partial charge in [-0.05, 0) is 36.6 Å². The molecule has 20 heavy (non-hydrogen) atoms. The van der Waals surface area contributed by atoms with Crippen molar-refractivity contribution in [2.24, 2.45) is 0 Å². The van der Waals surface area contributed by atoms with Crippen LogP contribution >= 0.6 is 0 Å². The van der Waals surface area contributed by atoms with Crippen LogP contribution in [0.1, 0.15) is 34.8 Å². The molecule has 0 aromatic heterocycles. The van der Waals surface area contributed by atoms with Gasteiger partial charge >= 0.3 is 5.97 Å². The zero-order valence-electron chi connectivity index (χ0n) is 11.9. The van der Waals surface area contributed by atoms with Crippen LogP contribution in [0.25, 0.3) is 0 Å². The highest BCUT2D eigenvalue weighted by Gasteiger charge is 2.23. The molecule has 0 fully saturated rings. The molecular formula is C15H20N2O3. The standard InChI is InChI=1S/C15H20N2O3/c1-3-13(15(19)20-2)17-14(18)11-6-4-5-10-7-8-16-9-12(10)11/h4-6,13,16H,3,7-9H2,1-2H3,(H,17,18). The predicted molar refractivity (Wildman–Crippen MR) is 75.4 cm³/mol. The van der Waals surface area contributed by atoms with Gasteiger partial charge in [-0.15, -0.1) is 0 Å². The first-order valence-electron chi connectivity index (χ1n) is 6.87. The molecular weight excluding hydrogens is 256 g/mol. The molecule has 1 heterocycles. The Labute approximate surface area is 118 Å². The fourth-order valence-corrected chi connectivity index (χ4v) is 2.43. The van der Waals surface area contributed by atoms with Crippen molar-refractivity contribution in [3.05, 3.63) is 34.9 Å². The molecule has 0 bridgehead atoms. The Morgan fingerprint density at radius 1 is 1.45 bits per heavy atom. The SMILES string of the molecule is CCC(NC(=O)c1cccc2c1CNCC2)C(=O)OC. The summed E-state index contributed by atoms with van der Waals surface area (Å²) in [7, 11) is 1.32. The maximum absolute atomic E-state index is 12.4. The summed E-state index contributed by atoms with van der Waals surface area (Å²) in [6.07, 6.45) is 1.43. The molecule has 0 saturated carbocycles. The van der Waals surface area contributed by atoms with Crippen LogP contribution < -0.4 is 10.6 Å². The Morgan fingerprint density at radius 2 is 2.25 bits per heavy atom. The molecule has 1 unspecified atom stereocenters. The van der Waals surface area contributed by atoms with Gasteiger partial charge in [-0.2, -0.15) is 0 Å². The van der Waals surface area contributed by atoms with Gasteiger partial charge < -0.3 is 15.4 Å². The molecule has 1 aliphatic heterocycles. The lowest BCUT2D eigenvalue weighted by molar-refractivity contribution is -0.142. The molecule has 0 aliphatic carbocycles. The summed E-state index contributed by atoms with van der Waals surface area (Å²) >= 11 is 0. The molecule has 1 atom stereocenters. The normalized spacial score (nSPS) is 15.1. The van der Waals surface area contributed by atoms with Gasteiger partial charge in [0.1, 0.15) is 6.04 Å². The van der Waals surface area contributed by atoms with E-state index in [1.807, 2.05) is 19.1 Å². The Bertz CT molecular complexity index is 514. The largest absolute Gasteiger partial charge is 0.467 e. The number of carbonyl (C=O) groups is 2. The molecule has 2 N–H and O–H groups in total. The van der Waals surface area contributed by atoms with Crippen molar-refractivity contribution in [3.63, 3.8) is 0 Å². The van der Waals surface area contributed by atoms with E-state index in [0.29, 0.717) is 18.5 Å². The highest BCUT2D eigenvalue weighted by molar-refractivity contribution is 5.98. The second-order valence-electron chi connectivity index (χ2n) is 4.83. The monoisotopic (exact) mass is 276 g/mol. The van der Waals surface area contributed by atoms with Gasteiger partial charge in [0.25, 0.3) is 5.91 Å². The maximum atomic E-state index is 12.4. The average Bonchev–Trinajstić information content (AvgIpc) is 2.51. The molecule has 1 aliphatic rings. The van der Waals surface area contributed by atoms with Crippen LogP contribution in [0.3, 0.4) is 0 Å². The zero-order chi connectivity index (χ0) is 14.5. The second kappa shape index (κ2) is 6.52. The number of amides is 1. The molecule has 108 valence electrons. The minimum absolute atomic E-state index is 0.220. The van der Waals surface area contributed by atoms with E-state index < -0.39 is 12.0 Å². The van der Waals surface area contributed by atoms with E-state index in [9.17, 15) is 9.59 Å². The van der Waals surface area contributed by atoms with E-state index in [0.717, 1.165) is 18.5 Å². The molecule has 1 aromatic rings. The third-order valence-corrected chi connectivity index (χ3v) is 3.59. The van der Waals surface area contributed by atoms with Crippen LogP contribution in [-0.2, 0) is 22.5 Å². The van der Waals surface area contributed by atoms with E-state index in [1.54, 1.807) is 6.07 Å². The van der Waals surface area contributed by atoms with Crippen LogP contribution in [0.15, 0.2) is 18.2 Å². The highest BCUT2D eigenvalue weighted by Crippen LogP contribution is 2.18. The lowest BCUT2D eigenvalue weighted by Crippen LogP contribution is -2.41. The lowest BCUT2D eigenvalue weighted by Gasteiger charge is -2.21. The molecule has 5 heteroatoms. The first kappa shape index (κ1) is 14.5. The minimum Gasteiger partial charge on any atom is -0.467 e. The fourth-order valence-electron chi connectivity index (χ4n) is 2.43. The summed E-state index contributed by atoms with van der Waals surface area (Å²) < 4.78 is 4.69. The number of benzene rings is 1. The van der Waals surface area contributed by atoms with Crippen molar-refractivity contribution in [2.45, 2.75) is 32.4 Å². The lowest BCUT2D eigenvalue weighted by atomic mass is 9.95. The van der Waals surface area contributed by atoms with Crippen LogP contribution in [0.2, 0.25) is 0 Å². The fraction of sp³-hybridized carbons (Fsp3) is 0.467. The van der Waals surface area contributed by atoms with Gasteiger partial charge in [0.15, 0.2) is 0 Å². The van der Waals surface area contributed by atoms with E-state index in [1.165, 1.54) is 12.7 Å². The first-order chi connectivity index (χ1) is 9.67. The summed E-state index contributed by atoms with van der Waals surface area (Å²) in [6.45, 7) is 3.45. The number of methoxy groups -OCH3 is 1. The number of hydrogen-bond donors (Lipinski definition) is 2. The summed E-state index contributed by atoms with van der Waals surface area (Å²) in [6, 6.07) is 5.13. The smallest absolute Gasteiger partial charge is 0.328 e. The third kappa shape index (κ3) is 2.99. The average molecular weight is 276 g/mol. The second-order valence-corrected chi connectivity index (χ2v) is 4.83. The summed E-state index contributed by atoms with van der Waals surface area (Å²) in [5, 5.41) is 6.01. The minimum atomic E-state index is -0.597. The topological polar surface area (TPSA) is 67.4 Å². The van der Waals surface area contributed by atoms with E-state index in [2.05, 4.69) is 15.4 Å². The number of nitrogens with one attached hydrogen (secondary N) is 2.